The maximum atomic E-state index is 11.1. The summed E-state index contributed by atoms with van der Waals surface area (Å²) in [5.41, 5.74) is 0.150. The van der Waals surface area contributed by atoms with Crippen molar-refractivity contribution < 1.29 is 14.7 Å². The summed E-state index contributed by atoms with van der Waals surface area (Å²) in [4.78, 5) is 22.0. The van der Waals surface area contributed by atoms with Crippen molar-refractivity contribution in [2.24, 2.45) is 0 Å². The number of carbonyl (C=O) groups is 2. The Kier molecular flexibility index (Phi) is 4.03. The highest BCUT2D eigenvalue weighted by Gasteiger charge is 2.12. The Balaban J connectivity index is 3.00. The molecule has 0 saturated carbocycles. The normalized spacial score (nSPS) is 9.25. The average molecular weight is 283 g/mol. The number of nitrogens with zero attached hydrogens (tertiary/aromatic N) is 1. The van der Waals surface area contributed by atoms with Gasteiger partial charge in [0.15, 0.2) is 0 Å². The molecule has 0 unspecified atom stereocenters. The Labute approximate surface area is 99.8 Å². The first-order chi connectivity index (χ1) is 7.54. The van der Waals surface area contributed by atoms with E-state index in [1.54, 1.807) is 12.1 Å². The number of carbonyl (C=O) groups excluding carboxylic acids is 1. The lowest BCUT2D eigenvalue weighted by atomic mass is 10.2. The second-order valence-corrected chi connectivity index (χ2v) is 3.79. The van der Waals surface area contributed by atoms with Crippen LogP contribution in [-0.4, -0.2) is 17.0 Å². The number of rotatable bonds is 3. The minimum atomic E-state index is -1.14. The van der Waals surface area contributed by atoms with Gasteiger partial charge in [0.25, 0.3) is 0 Å². The molecule has 0 saturated heterocycles. The van der Waals surface area contributed by atoms with Gasteiger partial charge in [-0.3, -0.25) is 4.79 Å². The molecule has 0 aliphatic rings. The van der Waals surface area contributed by atoms with E-state index in [4.69, 9.17) is 10.4 Å². The molecular weight excluding hydrogens is 276 g/mol. The van der Waals surface area contributed by atoms with E-state index in [9.17, 15) is 9.59 Å². The van der Waals surface area contributed by atoms with Crippen LogP contribution in [-0.2, 0) is 4.79 Å². The Morgan fingerprint density at radius 1 is 1.50 bits per heavy atom. The lowest BCUT2D eigenvalue weighted by molar-refractivity contribution is -0.115. The number of aromatic carboxylic acids is 1. The highest BCUT2D eigenvalue weighted by Crippen LogP contribution is 2.21. The van der Waals surface area contributed by atoms with Crippen molar-refractivity contribution in [2.45, 2.75) is 6.42 Å². The number of hydrogen-bond acceptors (Lipinski definition) is 3. The van der Waals surface area contributed by atoms with Crippen molar-refractivity contribution in [1.82, 2.24) is 0 Å². The van der Waals surface area contributed by atoms with Gasteiger partial charge in [-0.1, -0.05) is 15.9 Å². The smallest absolute Gasteiger partial charge is 0.337 e. The maximum absolute atomic E-state index is 11.1. The van der Waals surface area contributed by atoms with E-state index in [1.165, 1.54) is 12.1 Å². The van der Waals surface area contributed by atoms with Gasteiger partial charge in [0.2, 0.25) is 5.91 Å². The van der Waals surface area contributed by atoms with Crippen LogP contribution in [0.2, 0.25) is 0 Å². The molecule has 0 fully saturated rings. The molecule has 0 atom stereocenters. The van der Waals surface area contributed by atoms with Gasteiger partial charge in [-0.05, 0) is 18.2 Å². The Bertz CT molecular complexity index is 479. The second-order valence-electron chi connectivity index (χ2n) is 2.88. The van der Waals surface area contributed by atoms with Crippen molar-refractivity contribution >= 4 is 33.5 Å². The molecule has 0 radical (unpaired) electrons. The SMILES string of the molecule is N#CCC(=O)Nc1ccc(Br)cc1C(=O)O. The molecule has 6 heteroatoms. The molecule has 1 amide bonds. The van der Waals surface area contributed by atoms with Crippen molar-refractivity contribution in [3.05, 3.63) is 28.2 Å². The van der Waals surface area contributed by atoms with Gasteiger partial charge in [-0.15, -0.1) is 0 Å². The number of anilines is 1. The number of carboxylic acid groups (broad SMARTS) is 1. The molecule has 82 valence electrons. The zero-order valence-corrected chi connectivity index (χ0v) is 9.61. The first-order valence-corrected chi connectivity index (χ1v) is 5.03. The summed E-state index contributed by atoms with van der Waals surface area (Å²) in [7, 11) is 0. The Morgan fingerprint density at radius 2 is 2.19 bits per heavy atom. The van der Waals surface area contributed by atoms with E-state index in [2.05, 4.69) is 21.2 Å². The molecule has 0 heterocycles. The van der Waals surface area contributed by atoms with E-state index in [0.717, 1.165) is 0 Å². The number of hydrogen-bond donors (Lipinski definition) is 2. The highest BCUT2D eigenvalue weighted by molar-refractivity contribution is 9.10. The fraction of sp³-hybridized carbons (Fsp3) is 0.100. The summed E-state index contributed by atoms with van der Waals surface area (Å²) >= 11 is 3.13. The van der Waals surface area contributed by atoms with Gasteiger partial charge < -0.3 is 10.4 Å². The van der Waals surface area contributed by atoms with Gasteiger partial charge in [-0.2, -0.15) is 5.26 Å². The van der Waals surface area contributed by atoms with Crippen LogP contribution in [0.5, 0.6) is 0 Å². The minimum Gasteiger partial charge on any atom is -0.478 e. The van der Waals surface area contributed by atoms with E-state index >= 15 is 0 Å². The number of nitrogens with one attached hydrogen (secondary N) is 1. The average Bonchev–Trinajstić information content (AvgIpc) is 2.20. The maximum Gasteiger partial charge on any atom is 0.337 e. The van der Waals surface area contributed by atoms with E-state index < -0.39 is 11.9 Å². The van der Waals surface area contributed by atoms with Crippen molar-refractivity contribution in [2.75, 3.05) is 5.32 Å². The van der Waals surface area contributed by atoms with Crippen LogP contribution < -0.4 is 5.32 Å². The lowest BCUT2D eigenvalue weighted by Gasteiger charge is -2.07. The molecule has 0 aliphatic carbocycles. The zero-order chi connectivity index (χ0) is 12.1. The molecular formula is C10H7BrN2O3. The number of amides is 1. The molecule has 0 spiro atoms. The highest BCUT2D eigenvalue weighted by atomic mass is 79.9. The molecule has 5 nitrogen and oxygen atoms in total. The van der Waals surface area contributed by atoms with Crippen molar-refractivity contribution in [3.8, 4) is 6.07 Å². The molecule has 0 bridgehead atoms. The molecule has 0 aliphatic heterocycles. The first kappa shape index (κ1) is 12.2. The van der Waals surface area contributed by atoms with Crippen molar-refractivity contribution in [3.63, 3.8) is 0 Å². The van der Waals surface area contributed by atoms with Crippen molar-refractivity contribution in [1.29, 1.82) is 5.26 Å². The Morgan fingerprint density at radius 3 is 2.75 bits per heavy atom. The molecule has 0 aromatic heterocycles. The monoisotopic (exact) mass is 282 g/mol. The van der Waals surface area contributed by atoms with E-state index in [0.29, 0.717) is 4.47 Å². The molecule has 1 aromatic rings. The fourth-order valence-electron chi connectivity index (χ4n) is 1.07. The number of benzene rings is 1. The van der Waals surface area contributed by atoms with Crippen LogP contribution in [0.15, 0.2) is 22.7 Å². The van der Waals surface area contributed by atoms with Crippen LogP contribution in [0.3, 0.4) is 0 Å². The number of halogens is 1. The Hall–Kier alpha value is -1.87. The summed E-state index contributed by atoms with van der Waals surface area (Å²) in [5, 5.41) is 19.6. The second kappa shape index (κ2) is 5.28. The minimum absolute atomic E-state index is 0.0272. The van der Waals surface area contributed by atoms with Gasteiger partial charge in [0.05, 0.1) is 17.3 Å². The fourth-order valence-corrected chi connectivity index (χ4v) is 1.43. The summed E-state index contributed by atoms with van der Waals surface area (Å²) in [6, 6.07) is 6.13. The molecule has 1 aromatic carbocycles. The topological polar surface area (TPSA) is 90.2 Å². The first-order valence-electron chi connectivity index (χ1n) is 4.24. The quantitative estimate of drug-likeness (QED) is 0.887. The van der Waals surface area contributed by atoms with Crippen LogP contribution >= 0.6 is 15.9 Å². The van der Waals surface area contributed by atoms with E-state index in [-0.39, 0.29) is 17.7 Å². The number of carboxylic acids is 1. The largest absolute Gasteiger partial charge is 0.478 e. The number of nitriles is 1. The molecule has 16 heavy (non-hydrogen) atoms. The van der Waals surface area contributed by atoms with Crippen LogP contribution in [0.1, 0.15) is 16.8 Å². The van der Waals surface area contributed by atoms with Gasteiger partial charge in [0, 0.05) is 4.47 Å². The van der Waals surface area contributed by atoms with Crippen LogP contribution in [0.25, 0.3) is 0 Å². The third kappa shape index (κ3) is 3.07. The lowest BCUT2D eigenvalue weighted by Crippen LogP contribution is -2.13. The van der Waals surface area contributed by atoms with Gasteiger partial charge >= 0.3 is 5.97 Å². The summed E-state index contributed by atoms with van der Waals surface area (Å²) in [6.45, 7) is 0. The third-order valence-electron chi connectivity index (χ3n) is 1.73. The molecule has 1 rings (SSSR count). The predicted octanol–water partition coefficient (Wildman–Crippen LogP) is 2.00. The standard InChI is InChI=1S/C10H7BrN2O3/c11-6-1-2-8(7(5-6)10(15)16)13-9(14)3-4-12/h1-2,5H,3H2,(H,13,14)(H,15,16). The summed E-state index contributed by atoms with van der Waals surface area (Å²) in [5.74, 6) is -1.68. The predicted molar refractivity (Wildman–Crippen MR) is 60.0 cm³/mol. The van der Waals surface area contributed by atoms with Gasteiger partial charge in [-0.25, -0.2) is 4.79 Å². The summed E-state index contributed by atoms with van der Waals surface area (Å²) in [6.07, 6.45) is -0.310. The van der Waals surface area contributed by atoms with E-state index in [1.807, 2.05) is 0 Å². The van der Waals surface area contributed by atoms with Crippen LogP contribution in [0.4, 0.5) is 5.69 Å². The summed E-state index contributed by atoms with van der Waals surface area (Å²) < 4.78 is 0.600. The zero-order valence-electron chi connectivity index (χ0n) is 8.03. The van der Waals surface area contributed by atoms with Crippen LogP contribution in [0, 0.1) is 11.3 Å². The third-order valence-corrected chi connectivity index (χ3v) is 2.22. The molecule has 2 N–H and O–H groups in total. The van der Waals surface area contributed by atoms with Gasteiger partial charge in [0.1, 0.15) is 6.42 Å².